The van der Waals surface area contributed by atoms with E-state index >= 15 is 0 Å². The second-order valence-corrected chi connectivity index (χ2v) is 9.50. The minimum atomic E-state index is -0.556. The maximum absolute atomic E-state index is 11.6. The molecule has 5 aromatic rings. The van der Waals surface area contributed by atoms with Gasteiger partial charge in [0.25, 0.3) is 5.69 Å². The highest BCUT2D eigenvalue weighted by molar-refractivity contribution is 6.36. The average Bonchev–Trinajstić information content (AvgIpc) is 2.92. The van der Waals surface area contributed by atoms with Gasteiger partial charge < -0.3 is 4.74 Å². The van der Waals surface area contributed by atoms with Crippen molar-refractivity contribution in [2.75, 3.05) is 0 Å². The van der Waals surface area contributed by atoms with Crippen LogP contribution < -0.4 is 10.2 Å². The summed E-state index contributed by atoms with van der Waals surface area (Å²) in [5.74, 6) is 0.291. The molecule has 2 heterocycles. The summed E-state index contributed by atoms with van der Waals surface area (Å²) >= 11 is 12.3. The summed E-state index contributed by atoms with van der Waals surface area (Å²) in [7, 11) is 0. The van der Waals surface area contributed by atoms with Gasteiger partial charge in [-0.1, -0.05) is 77.8 Å². The van der Waals surface area contributed by atoms with Gasteiger partial charge in [0.2, 0.25) is 5.88 Å². The van der Waals surface area contributed by atoms with Gasteiger partial charge in [-0.3, -0.25) is 15.5 Å². The van der Waals surface area contributed by atoms with Gasteiger partial charge in [0.1, 0.15) is 12.1 Å². The molecular weight excluding hydrogens is 525 g/mol. The molecule has 10 heteroatoms. The van der Waals surface area contributed by atoms with Gasteiger partial charge in [0.15, 0.2) is 5.49 Å². The van der Waals surface area contributed by atoms with Crippen LogP contribution >= 0.6 is 23.2 Å². The number of ether oxygens (including phenoxy) is 1. The second kappa shape index (κ2) is 9.41. The Labute approximate surface area is 226 Å². The zero-order valence-corrected chi connectivity index (χ0v) is 21.0. The summed E-state index contributed by atoms with van der Waals surface area (Å²) in [6.45, 7) is 0. The summed E-state index contributed by atoms with van der Waals surface area (Å²) in [6.07, 6.45) is 2.90. The van der Waals surface area contributed by atoms with Crippen molar-refractivity contribution in [3.63, 3.8) is 0 Å². The molecule has 1 N–H and O–H groups in total. The first-order valence-corrected chi connectivity index (χ1v) is 12.3. The Morgan fingerprint density at radius 3 is 2.71 bits per heavy atom. The molecule has 1 unspecified atom stereocenters. The second-order valence-electron chi connectivity index (χ2n) is 8.66. The molecule has 38 heavy (non-hydrogen) atoms. The van der Waals surface area contributed by atoms with Crippen LogP contribution in [0.2, 0.25) is 10.0 Å². The van der Waals surface area contributed by atoms with E-state index < -0.39 is 10.8 Å². The normalized spacial score (nSPS) is 14.2. The SMILES string of the molecule is N=c1c2c(ncn1/N=C/c1ccc(Cl)cc1Cl)Oc1c(ccc3ccccc13)C2c1cccc([N+](=O)[O-])c1. The number of non-ortho nitro benzene ring substituents is 1. The van der Waals surface area contributed by atoms with Crippen molar-refractivity contribution in [2.24, 2.45) is 5.10 Å². The summed E-state index contributed by atoms with van der Waals surface area (Å²) < 4.78 is 7.59. The van der Waals surface area contributed by atoms with E-state index in [0.29, 0.717) is 32.5 Å². The lowest BCUT2D eigenvalue weighted by molar-refractivity contribution is -0.384. The third-order valence-electron chi connectivity index (χ3n) is 6.41. The van der Waals surface area contributed by atoms with Crippen LogP contribution in [0.4, 0.5) is 5.69 Å². The van der Waals surface area contributed by atoms with E-state index in [2.05, 4.69) is 10.1 Å². The highest BCUT2D eigenvalue weighted by atomic mass is 35.5. The van der Waals surface area contributed by atoms with Crippen LogP contribution in [-0.4, -0.2) is 20.8 Å². The Kier molecular flexibility index (Phi) is 5.90. The Morgan fingerprint density at radius 2 is 1.89 bits per heavy atom. The van der Waals surface area contributed by atoms with E-state index in [-0.39, 0.29) is 17.1 Å². The van der Waals surface area contributed by atoms with Crippen molar-refractivity contribution in [1.29, 1.82) is 5.41 Å². The third kappa shape index (κ3) is 4.09. The first kappa shape index (κ1) is 23.8. The number of hydrogen-bond acceptors (Lipinski definition) is 6. The number of nitrogens with zero attached hydrogens (tertiary/aromatic N) is 4. The molecule has 0 bridgehead atoms. The Bertz CT molecular complexity index is 1850. The molecule has 186 valence electrons. The highest BCUT2D eigenvalue weighted by Gasteiger charge is 2.33. The molecule has 4 aromatic carbocycles. The number of benzene rings is 4. The Hall–Kier alpha value is -4.53. The quantitative estimate of drug-likeness (QED) is 0.149. The molecule has 0 saturated carbocycles. The molecule has 0 radical (unpaired) electrons. The number of nitro benzene ring substituents is 1. The van der Waals surface area contributed by atoms with E-state index in [0.717, 1.165) is 16.3 Å². The van der Waals surface area contributed by atoms with Crippen molar-refractivity contribution in [2.45, 2.75) is 5.92 Å². The summed E-state index contributed by atoms with van der Waals surface area (Å²) in [5, 5.41) is 27.8. The van der Waals surface area contributed by atoms with Crippen LogP contribution in [0.1, 0.15) is 28.2 Å². The Balaban J connectivity index is 1.56. The zero-order chi connectivity index (χ0) is 26.4. The van der Waals surface area contributed by atoms with Gasteiger partial charge in [-0.25, -0.2) is 9.66 Å². The van der Waals surface area contributed by atoms with Gasteiger partial charge in [0, 0.05) is 39.6 Å². The van der Waals surface area contributed by atoms with Crippen molar-refractivity contribution in [3.05, 3.63) is 133 Å². The molecular formula is C28H17Cl2N5O3. The summed E-state index contributed by atoms with van der Waals surface area (Å²) in [6, 6.07) is 23.1. The van der Waals surface area contributed by atoms with Crippen molar-refractivity contribution < 1.29 is 9.66 Å². The van der Waals surface area contributed by atoms with Gasteiger partial charge in [0.05, 0.1) is 21.7 Å². The maximum Gasteiger partial charge on any atom is 0.269 e. The lowest BCUT2D eigenvalue weighted by atomic mass is 9.82. The molecule has 1 atom stereocenters. The van der Waals surface area contributed by atoms with Gasteiger partial charge in [-0.2, -0.15) is 5.10 Å². The first-order valence-electron chi connectivity index (χ1n) is 11.5. The average molecular weight is 542 g/mol. The fourth-order valence-corrected chi connectivity index (χ4v) is 5.09. The van der Waals surface area contributed by atoms with Crippen molar-refractivity contribution in [3.8, 4) is 11.6 Å². The zero-order valence-electron chi connectivity index (χ0n) is 19.5. The van der Waals surface area contributed by atoms with E-state index in [9.17, 15) is 10.1 Å². The summed E-state index contributed by atoms with van der Waals surface area (Å²) in [4.78, 5) is 15.6. The molecule has 1 aromatic heterocycles. The minimum absolute atomic E-state index is 0.0200. The smallest absolute Gasteiger partial charge is 0.269 e. The van der Waals surface area contributed by atoms with Gasteiger partial charge >= 0.3 is 0 Å². The number of nitrogens with one attached hydrogen (secondary N) is 1. The lowest BCUT2D eigenvalue weighted by Crippen LogP contribution is -2.28. The number of fused-ring (bicyclic) bond motifs is 4. The number of halogens is 2. The Morgan fingerprint density at radius 1 is 1.05 bits per heavy atom. The monoisotopic (exact) mass is 541 g/mol. The molecule has 0 amide bonds. The van der Waals surface area contributed by atoms with Crippen LogP contribution in [-0.2, 0) is 0 Å². The van der Waals surface area contributed by atoms with Crippen molar-refractivity contribution in [1.82, 2.24) is 9.66 Å². The number of hydrogen-bond donors (Lipinski definition) is 1. The van der Waals surface area contributed by atoms with Crippen molar-refractivity contribution >= 4 is 45.9 Å². The fraction of sp³-hybridized carbons (Fsp3) is 0.0357. The van der Waals surface area contributed by atoms with E-state index in [1.54, 1.807) is 30.3 Å². The van der Waals surface area contributed by atoms with Gasteiger partial charge in [-0.15, -0.1) is 0 Å². The number of rotatable bonds is 4. The van der Waals surface area contributed by atoms with Crippen LogP contribution in [0.25, 0.3) is 10.8 Å². The predicted molar refractivity (Wildman–Crippen MR) is 146 cm³/mol. The molecule has 1 aliphatic rings. The van der Waals surface area contributed by atoms with E-state index in [4.69, 9.17) is 33.3 Å². The first-order chi connectivity index (χ1) is 18.4. The lowest BCUT2D eigenvalue weighted by Gasteiger charge is -2.29. The molecule has 0 aliphatic carbocycles. The van der Waals surface area contributed by atoms with Gasteiger partial charge in [-0.05, 0) is 23.1 Å². The number of nitro groups is 1. The fourth-order valence-electron chi connectivity index (χ4n) is 4.64. The minimum Gasteiger partial charge on any atom is -0.438 e. The maximum atomic E-state index is 11.6. The topological polar surface area (TPSA) is 106 Å². The largest absolute Gasteiger partial charge is 0.438 e. The molecule has 0 saturated heterocycles. The number of aromatic nitrogens is 2. The molecule has 1 aliphatic heterocycles. The summed E-state index contributed by atoms with van der Waals surface area (Å²) in [5.41, 5.74) is 2.44. The van der Waals surface area contributed by atoms with E-state index in [1.807, 2.05) is 36.4 Å². The molecule has 0 fully saturated rings. The standard InChI is InChI=1S/C28H17Cl2N5O3/c29-19-10-8-18(23(30)13-19)14-33-34-15-32-28-25(27(34)31)24(17-5-3-6-20(12-17)35(36)37)22-11-9-16-4-1-2-7-21(16)26(22)38-28/h1-15,24,31H/b31-27?,33-14+. The van der Waals surface area contributed by atoms with Crippen LogP contribution in [0.5, 0.6) is 11.6 Å². The highest BCUT2D eigenvalue weighted by Crippen LogP contribution is 2.48. The van der Waals surface area contributed by atoms with Crippen LogP contribution in [0, 0.1) is 15.5 Å². The predicted octanol–water partition coefficient (Wildman–Crippen LogP) is 6.90. The molecule has 8 nitrogen and oxygen atoms in total. The van der Waals surface area contributed by atoms with Crippen LogP contribution in [0.3, 0.4) is 0 Å². The van der Waals surface area contributed by atoms with Crippen LogP contribution in [0.15, 0.2) is 90.3 Å². The molecule has 6 rings (SSSR count). The third-order valence-corrected chi connectivity index (χ3v) is 6.97. The van der Waals surface area contributed by atoms with E-state index in [1.165, 1.54) is 29.4 Å². The molecule has 0 spiro atoms.